The lowest BCUT2D eigenvalue weighted by Gasteiger charge is -2.09. The van der Waals surface area contributed by atoms with Gasteiger partial charge in [0.05, 0.1) is 5.56 Å². The number of ether oxygens (including phenoxy) is 1. The first-order chi connectivity index (χ1) is 14.4. The Morgan fingerprint density at radius 3 is 2.40 bits per heavy atom. The molecule has 3 N–H and O–H groups in total. The first-order valence-corrected chi connectivity index (χ1v) is 9.25. The predicted octanol–water partition coefficient (Wildman–Crippen LogP) is 4.14. The van der Waals surface area contributed by atoms with Crippen molar-refractivity contribution < 1.29 is 24.5 Å². The Kier molecular flexibility index (Phi) is 6.49. The van der Waals surface area contributed by atoms with Gasteiger partial charge in [-0.25, -0.2) is 4.79 Å². The first kappa shape index (κ1) is 20.7. The van der Waals surface area contributed by atoms with E-state index < -0.39 is 11.9 Å². The largest absolute Gasteiger partial charge is 0.507 e. The number of aromatic hydroxyl groups is 1. The maximum atomic E-state index is 12.3. The van der Waals surface area contributed by atoms with Crippen molar-refractivity contribution in [3.8, 4) is 11.5 Å². The molecule has 6 nitrogen and oxygen atoms in total. The van der Waals surface area contributed by atoms with Gasteiger partial charge in [-0.3, -0.25) is 4.79 Å². The van der Waals surface area contributed by atoms with E-state index in [-0.39, 0.29) is 17.0 Å². The topological polar surface area (TPSA) is 95.9 Å². The third-order valence-corrected chi connectivity index (χ3v) is 4.31. The van der Waals surface area contributed by atoms with Crippen LogP contribution in [0.1, 0.15) is 27.0 Å². The van der Waals surface area contributed by atoms with Crippen LogP contribution in [0.2, 0.25) is 0 Å². The molecule has 6 heteroatoms. The van der Waals surface area contributed by atoms with Gasteiger partial charge in [-0.15, -0.1) is 0 Å². The van der Waals surface area contributed by atoms with Crippen LogP contribution in [0, 0.1) is 6.92 Å². The number of nitrogens with one attached hydrogen (secondary N) is 1. The number of phenolic OH excluding ortho intramolecular Hbond substituents is 1. The van der Waals surface area contributed by atoms with Crippen LogP contribution in [0.25, 0.3) is 6.08 Å². The number of para-hydroxylation sites is 1. The highest BCUT2D eigenvalue weighted by Crippen LogP contribution is 2.18. The van der Waals surface area contributed by atoms with E-state index in [4.69, 9.17) is 4.74 Å². The van der Waals surface area contributed by atoms with Gasteiger partial charge in [0.1, 0.15) is 23.8 Å². The lowest BCUT2D eigenvalue weighted by atomic mass is 10.1. The van der Waals surface area contributed by atoms with E-state index in [1.165, 1.54) is 18.2 Å². The fraction of sp³-hybridized carbons (Fsp3) is 0.0833. The molecule has 0 saturated carbocycles. The van der Waals surface area contributed by atoms with Crippen LogP contribution in [0.5, 0.6) is 11.5 Å². The number of carbonyl (C=O) groups excluding carboxylic acids is 1. The van der Waals surface area contributed by atoms with Gasteiger partial charge in [-0.1, -0.05) is 54.1 Å². The number of carbonyl (C=O) groups is 2. The summed E-state index contributed by atoms with van der Waals surface area (Å²) >= 11 is 0. The quantitative estimate of drug-likeness (QED) is 0.516. The average molecular weight is 403 g/mol. The highest BCUT2D eigenvalue weighted by Gasteiger charge is 2.15. The number of carboxylic acids is 1. The molecule has 1 amide bonds. The van der Waals surface area contributed by atoms with Crippen LogP contribution < -0.4 is 10.1 Å². The molecule has 0 aliphatic carbocycles. The summed E-state index contributed by atoms with van der Waals surface area (Å²) in [6.07, 6.45) is 1.34. The lowest BCUT2D eigenvalue weighted by molar-refractivity contribution is -0.132. The third kappa shape index (κ3) is 5.48. The van der Waals surface area contributed by atoms with Gasteiger partial charge in [-0.05, 0) is 48.4 Å². The van der Waals surface area contributed by atoms with E-state index in [0.717, 1.165) is 11.1 Å². The Hall–Kier alpha value is -4.06. The third-order valence-electron chi connectivity index (χ3n) is 4.31. The van der Waals surface area contributed by atoms with Gasteiger partial charge >= 0.3 is 5.97 Å². The van der Waals surface area contributed by atoms with E-state index in [0.29, 0.717) is 17.9 Å². The van der Waals surface area contributed by atoms with Gasteiger partial charge < -0.3 is 20.3 Å². The summed E-state index contributed by atoms with van der Waals surface area (Å²) in [4.78, 5) is 23.8. The molecule has 3 aromatic carbocycles. The minimum Gasteiger partial charge on any atom is -0.507 e. The van der Waals surface area contributed by atoms with Gasteiger partial charge in [-0.2, -0.15) is 0 Å². The normalized spacial score (nSPS) is 11.0. The van der Waals surface area contributed by atoms with Crippen LogP contribution in [0.4, 0.5) is 0 Å². The van der Waals surface area contributed by atoms with Crippen LogP contribution in [0.3, 0.4) is 0 Å². The zero-order valence-corrected chi connectivity index (χ0v) is 16.3. The molecule has 152 valence electrons. The number of amides is 1. The highest BCUT2D eigenvalue weighted by molar-refractivity contribution is 6.04. The number of hydrogen-bond acceptors (Lipinski definition) is 4. The van der Waals surface area contributed by atoms with Gasteiger partial charge in [0.15, 0.2) is 0 Å². The summed E-state index contributed by atoms with van der Waals surface area (Å²) in [6.45, 7) is 2.44. The van der Waals surface area contributed by atoms with Crippen molar-refractivity contribution in [3.63, 3.8) is 0 Å². The number of benzene rings is 3. The van der Waals surface area contributed by atoms with Crippen molar-refractivity contribution in [2.75, 3.05) is 0 Å². The van der Waals surface area contributed by atoms with Crippen LogP contribution in [-0.2, 0) is 11.4 Å². The molecule has 0 atom stereocenters. The summed E-state index contributed by atoms with van der Waals surface area (Å²) in [5.74, 6) is -1.59. The van der Waals surface area contributed by atoms with Crippen LogP contribution in [0.15, 0.2) is 78.5 Å². The number of aliphatic carboxylic acids is 1. The predicted molar refractivity (Wildman–Crippen MR) is 113 cm³/mol. The number of phenols is 1. The SMILES string of the molecule is Cc1cccc(COc2ccc(/C=C(/NC(=O)c3ccccc3O)C(=O)O)cc2)c1. The monoisotopic (exact) mass is 403 g/mol. The maximum Gasteiger partial charge on any atom is 0.352 e. The number of aryl methyl sites for hydroxylation is 1. The number of carboxylic acid groups (broad SMARTS) is 1. The zero-order chi connectivity index (χ0) is 21.5. The summed E-state index contributed by atoms with van der Waals surface area (Å²) in [5, 5.41) is 21.5. The van der Waals surface area contributed by atoms with Gasteiger partial charge in [0, 0.05) is 0 Å². The standard InChI is InChI=1S/C24H21NO5/c1-16-5-4-6-18(13-16)15-30-19-11-9-17(10-12-19)14-21(24(28)29)25-23(27)20-7-2-3-8-22(20)26/h2-14,26H,15H2,1H3,(H,25,27)(H,28,29)/b21-14+. The molecule has 30 heavy (non-hydrogen) atoms. The van der Waals surface area contributed by atoms with Crippen LogP contribution >= 0.6 is 0 Å². The Bertz CT molecular complexity index is 1090. The van der Waals surface area contributed by atoms with Gasteiger partial charge in [0.25, 0.3) is 5.91 Å². The van der Waals surface area contributed by atoms with Crippen molar-refractivity contribution in [1.29, 1.82) is 0 Å². The summed E-state index contributed by atoms with van der Waals surface area (Å²) in [7, 11) is 0. The van der Waals surface area contributed by atoms with Crippen molar-refractivity contribution >= 4 is 18.0 Å². The van der Waals surface area contributed by atoms with E-state index >= 15 is 0 Å². The molecule has 0 aliphatic rings. The van der Waals surface area contributed by atoms with Crippen molar-refractivity contribution in [2.24, 2.45) is 0 Å². The van der Waals surface area contributed by atoms with Crippen molar-refractivity contribution in [1.82, 2.24) is 5.32 Å². The van der Waals surface area contributed by atoms with Crippen LogP contribution in [-0.4, -0.2) is 22.1 Å². The van der Waals surface area contributed by atoms with Gasteiger partial charge in [0.2, 0.25) is 0 Å². The van der Waals surface area contributed by atoms with E-state index in [9.17, 15) is 19.8 Å². The van der Waals surface area contributed by atoms with Crippen molar-refractivity contribution in [3.05, 3.63) is 101 Å². The molecule has 0 spiro atoms. The fourth-order valence-corrected chi connectivity index (χ4v) is 2.80. The summed E-state index contributed by atoms with van der Waals surface area (Å²) < 4.78 is 5.76. The Morgan fingerprint density at radius 1 is 1.00 bits per heavy atom. The maximum absolute atomic E-state index is 12.3. The van der Waals surface area contributed by atoms with Crippen molar-refractivity contribution in [2.45, 2.75) is 13.5 Å². The van der Waals surface area contributed by atoms with E-state index in [2.05, 4.69) is 5.32 Å². The minimum absolute atomic E-state index is 0.00968. The molecule has 0 heterocycles. The molecule has 0 aromatic heterocycles. The fourth-order valence-electron chi connectivity index (χ4n) is 2.80. The zero-order valence-electron chi connectivity index (χ0n) is 16.3. The Morgan fingerprint density at radius 2 is 1.73 bits per heavy atom. The summed E-state index contributed by atoms with van der Waals surface area (Å²) in [6, 6.07) is 20.8. The molecular weight excluding hydrogens is 382 g/mol. The van der Waals surface area contributed by atoms with E-state index in [1.807, 2.05) is 31.2 Å². The molecule has 0 radical (unpaired) electrons. The molecule has 0 fully saturated rings. The minimum atomic E-state index is -1.29. The molecular formula is C24H21NO5. The highest BCUT2D eigenvalue weighted by atomic mass is 16.5. The average Bonchev–Trinajstić information content (AvgIpc) is 2.73. The van der Waals surface area contributed by atoms with E-state index in [1.54, 1.807) is 36.4 Å². The Balaban J connectivity index is 1.69. The molecule has 0 saturated heterocycles. The number of hydrogen-bond donors (Lipinski definition) is 3. The second-order valence-corrected chi connectivity index (χ2v) is 6.68. The Labute approximate surface area is 174 Å². The molecule has 0 bridgehead atoms. The first-order valence-electron chi connectivity index (χ1n) is 9.25. The lowest BCUT2D eigenvalue weighted by Crippen LogP contribution is -2.27. The second-order valence-electron chi connectivity index (χ2n) is 6.68. The molecule has 3 aromatic rings. The molecule has 3 rings (SSSR count). The smallest absolute Gasteiger partial charge is 0.352 e. The molecule has 0 aliphatic heterocycles. The molecule has 0 unspecified atom stereocenters. The summed E-state index contributed by atoms with van der Waals surface area (Å²) in [5.41, 5.74) is 2.47. The second kappa shape index (κ2) is 9.43. The number of rotatable bonds is 7.